The van der Waals surface area contributed by atoms with Crippen LogP contribution in [0.3, 0.4) is 0 Å². The number of aromatic amines is 1. The number of amides is 1. The lowest BCUT2D eigenvalue weighted by Gasteiger charge is -2.13. The quantitative estimate of drug-likeness (QED) is 0.708. The van der Waals surface area contributed by atoms with Gasteiger partial charge in [-0.05, 0) is 42.8 Å². The van der Waals surface area contributed by atoms with Gasteiger partial charge in [-0.3, -0.25) is 4.79 Å². The molecule has 2 aromatic carbocycles. The number of hydrogen-bond acceptors (Lipinski definition) is 2. The number of rotatable bonds is 4. The summed E-state index contributed by atoms with van der Waals surface area (Å²) in [5, 5.41) is 3.18. The van der Waals surface area contributed by atoms with Gasteiger partial charge in [0.1, 0.15) is 5.75 Å². The van der Waals surface area contributed by atoms with Gasteiger partial charge in [-0.25, -0.2) is 0 Å². The number of ether oxygens (including phenoxy) is 1. The van der Waals surface area contributed by atoms with E-state index < -0.39 is 17.6 Å². The summed E-state index contributed by atoms with van der Waals surface area (Å²) < 4.78 is 44.4. The zero-order valence-electron chi connectivity index (χ0n) is 14.2. The maximum absolute atomic E-state index is 13.1. The Morgan fingerprint density at radius 3 is 2.62 bits per heavy atom. The number of nitrogens with one attached hydrogen (secondary N) is 2. The molecule has 3 aromatic rings. The van der Waals surface area contributed by atoms with Crippen LogP contribution in [-0.4, -0.2) is 18.0 Å². The first-order valence-electron chi connectivity index (χ1n) is 7.91. The smallest absolute Gasteiger partial charge is 0.418 e. The zero-order chi connectivity index (χ0) is 18.9. The molecule has 0 aliphatic rings. The molecule has 1 amide bonds. The highest BCUT2D eigenvalue weighted by Crippen LogP contribution is 2.34. The van der Waals surface area contributed by atoms with E-state index in [2.05, 4.69) is 10.3 Å². The van der Waals surface area contributed by atoms with Gasteiger partial charge < -0.3 is 15.0 Å². The van der Waals surface area contributed by atoms with Crippen molar-refractivity contribution < 1.29 is 22.7 Å². The molecule has 1 aromatic heterocycles. The minimum absolute atomic E-state index is 0.0504. The fourth-order valence-corrected chi connectivity index (χ4v) is 2.91. The summed E-state index contributed by atoms with van der Waals surface area (Å²) in [4.78, 5) is 15.6. The van der Waals surface area contributed by atoms with E-state index in [-0.39, 0.29) is 12.1 Å². The van der Waals surface area contributed by atoms with Crippen LogP contribution in [0.2, 0.25) is 0 Å². The molecule has 2 N–H and O–H groups in total. The molecule has 26 heavy (non-hydrogen) atoms. The van der Waals surface area contributed by atoms with Crippen molar-refractivity contribution in [2.24, 2.45) is 0 Å². The van der Waals surface area contributed by atoms with Crippen molar-refractivity contribution in [1.82, 2.24) is 4.98 Å². The summed E-state index contributed by atoms with van der Waals surface area (Å²) in [6.07, 6.45) is -4.58. The van der Waals surface area contributed by atoms with Gasteiger partial charge in [0.25, 0.3) is 0 Å². The number of anilines is 1. The molecular formula is C19H17F3N2O2. The van der Waals surface area contributed by atoms with E-state index in [1.165, 1.54) is 18.2 Å². The predicted molar refractivity (Wildman–Crippen MR) is 93.4 cm³/mol. The van der Waals surface area contributed by atoms with Crippen molar-refractivity contribution in [2.45, 2.75) is 19.5 Å². The van der Waals surface area contributed by atoms with Crippen LogP contribution in [0, 0.1) is 6.92 Å². The Hall–Kier alpha value is -2.96. The van der Waals surface area contributed by atoms with Crippen LogP contribution in [0.4, 0.5) is 18.9 Å². The average molecular weight is 362 g/mol. The SMILES string of the molecule is COc1ccc2[nH]c(C)c(CC(=O)Nc3ccccc3C(F)(F)F)c2c1. The number of aromatic nitrogens is 1. The summed E-state index contributed by atoms with van der Waals surface area (Å²) >= 11 is 0. The summed E-state index contributed by atoms with van der Waals surface area (Å²) in [5.74, 6) is 0.120. The number of para-hydroxylation sites is 1. The molecule has 4 nitrogen and oxygen atoms in total. The molecule has 0 fully saturated rings. The van der Waals surface area contributed by atoms with Gasteiger partial charge in [0.05, 0.1) is 24.8 Å². The Labute approximate surface area is 148 Å². The Bertz CT molecular complexity index is 961. The highest BCUT2D eigenvalue weighted by atomic mass is 19.4. The lowest BCUT2D eigenvalue weighted by atomic mass is 10.1. The van der Waals surface area contributed by atoms with Crippen molar-refractivity contribution in [3.8, 4) is 5.75 Å². The maximum Gasteiger partial charge on any atom is 0.418 e. The number of benzene rings is 2. The molecule has 0 unspecified atom stereocenters. The molecule has 0 saturated heterocycles. The van der Waals surface area contributed by atoms with Crippen LogP contribution >= 0.6 is 0 Å². The van der Waals surface area contributed by atoms with Crippen molar-refractivity contribution in [3.05, 3.63) is 59.3 Å². The molecule has 0 aliphatic heterocycles. The average Bonchev–Trinajstić information content (AvgIpc) is 2.89. The number of carbonyl (C=O) groups excluding carboxylic acids is 1. The van der Waals surface area contributed by atoms with Crippen molar-refractivity contribution in [1.29, 1.82) is 0 Å². The molecule has 0 bridgehead atoms. The third-order valence-corrected chi connectivity index (χ3v) is 4.17. The number of hydrogen-bond donors (Lipinski definition) is 2. The van der Waals surface area contributed by atoms with Crippen LogP contribution in [0.25, 0.3) is 10.9 Å². The van der Waals surface area contributed by atoms with E-state index in [9.17, 15) is 18.0 Å². The van der Waals surface area contributed by atoms with Crippen LogP contribution in [0.1, 0.15) is 16.8 Å². The molecule has 0 aliphatic carbocycles. The van der Waals surface area contributed by atoms with Crippen molar-refractivity contribution >= 4 is 22.5 Å². The normalized spacial score (nSPS) is 11.6. The monoisotopic (exact) mass is 362 g/mol. The Morgan fingerprint density at radius 2 is 1.92 bits per heavy atom. The minimum atomic E-state index is -4.53. The maximum atomic E-state index is 13.1. The molecule has 7 heteroatoms. The number of aryl methyl sites for hydroxylation is 1. The highest BCUT2D eigenvalue weighted by molar-refractivity contribution is 5.97. The Morgan fingerprint density at radius 1 is 1.19 bits per heavy atom. The number of halogens is 3. The van der Waals surface area contributed by atoms with Crippen molar-refractivity contribution in [3.63, 3.8) is 0 Å². The lowest BCUT2D eigenvalue weighted by molar-refractivity contribution is -0.137. The molecule has 1 heterocycles. The molecule has 0 spiro atoms. The van der Waals surface area contributed by atoms with Crippen LogP contribution in [0.5, 0.6) is 5.75 Å². The van der Waals surface area contributed by atoms with E-state index in [1.807, 2.05) is 13.0 Å². The first-order valence-corrected chi connectivity index (χ1v) is 7.91. The summed E-state index contributed by atoms with van der Waals surface area (Å²) in [5.41, 5.74) is 1.22. The number of methoxy groups -OCH3 is 1. The first kappa shape index (κ1) is 17.8. The van der Waals surface area contributed by atoms with Gasteiger partial charge in [0.2, 0.25) is 5.91 Å². The topological polar surface area (TPSA) is 54.1 Å². The third-order valence-electron chi connectivity index (χ3n) is 4.17. The second-order valence-electron chi connectivity index (χ2n) is 5.91. The van der Waals surface area contributed by atoms with Crippen LogP contribution in [0.15, 0.2) is 42.5 Å². The standard InChI is InChI=1S/C19H17F3N2O2/c1-11-13(14-9-12(26-2)7-8-16(14)23-11)10-18(25)24-17-6-4-3-5-15(17)19(20,21)22/h3-9,23H,10H2,1-2H3,(H,24,25). The number of carbonyl (C=O) groups is 1. The zero-order valence-corrected chi connectivity index (χ0v) is 14.2. The molecule has 0 radical (unpaired) electrons. The molecule has 0 saturated carbocycles. The largest absolute Gasteiger partial charge is 0.497 e. The van der Waals surface area contributed by atoms with E-state index >= 15 is 0 Å². The second kappa shape index (κ2) is 6.74. The number of alkyl halides is 3. The third kappa shape index (κ3) is 3.51. The van der Waals surface area contributed by atoms with E-state index in [4.69, 9.17) is 4.74 Å². The first-order chi connectivity index (χ1) is 12.3. The summed E-state index contributed by atoms with van der Waals surface area (Å²) in [6, 6.07) is 10.3. The molecule has 3 rings (SSSR count). The highest BCUT2D eigenvalue weighted by Gasteiger charge is 2.33. The molecular weight excluding hydrogens is 345 g/mol. The lowest BCUT2D eigenvalue weighted by Crippen LogP contribution is -2.18. The van der Waals surface area contributed by atoms with Gasteiger partial charge in [0.15, 0.2) is 0 Å². The molecule has 0 atom stereocenters. The fourth-order valence-electron chi connectivity index (χ4n) is 2.91. The van der Waals surface area contributed by atoms with Gasteiger partial charge >= 0.3 is 6.18 Å². The Balaban J connectivity index is 1.88. The van der Waals surface area contributed by atoms with Crippen LogP contribution in [-0.2, 0) is 17.4 Å². The summed E-state index contributed by atoms with van der Waals surface area (Å²) in [6.45, 7) is 1.82. The number of fused-ring (bicyclic) bond motifs is 1. The van der Waals surface area contributed by atoms with Gasteiger partial charge in [0, 0.05) is 16.6 Å². The molecule has 136 valence electrons. The fraction of sp³-hybridized carbons (Fsp3) is 0.211. The predicted octanol–water partition coefficient (Wildman–Crippen LogP) is 4.68. The minimum Gasteiger partial charge on any atom is -0.497 e. The van der Waals surface area contributed by atoms with E-state index in [0.29, 0.717) is 5.75 Å². The van der Waals surface area contributed by atoms with Crippen LogP contribution < -0.4 is 10.1 Å². The van der Waals surface area contributed by atoms with Gasteiger partial charge in [-0.1, -0.05) is 12.1 Å². The Kier molecular flexibility index (Phi) is 4.63. The van der Waals surface area contributed by atoms with E-state index in [0.717, 1.165) is 28.2 Å². The second-order valence-corrected chi connectivity index (χ2v) is 5.91. The van der Waals surface area contributed by atoms with E-state index in [1.54, 1.807) is 19.2 Å². The van der Waals surface area contributed by atoms with Gasteiger partial charge in [-0.15, -0.1) is 0 Å². The number of H-pyrrole nitrogens is 1. The van der Waals surface area contributed by atoms with Crippen molar-refractivity contribution in [2.75, 3.05) is 12.4 Å². The van der Waals surface area contributed by atoms with Gasteiger partial charge in [-0.2, -0.15) is 13.2 Å². The summed E-state index contributed by atoms with van der Waals surface area (Å²) in [7, 11) is 1.54.